The third-order valence-electron chi connectivity index (χ3n) is 5.88. The molecule has 3 heterocycles. The topological polar surface area (TPSA) is 125 Å². The number of rotatable bonds is 8. The van der Waals surface area contributed by atoms with Gasteiger partial charge in [-0.15, -0.1) is 0 Å². The average molecular weight is 567 g/mol. The summed E-state index contributed by atoms with van der Waals surface area (Å²) >= 11 is 0. The molecule has 1 atom stereocenters. The van der Waals surface area contributed by atoms with E-state index in [-0.39, 0.29) is 23.6 Å². The molecule has 3 aromatic rings. The Balaban J connectivity index is 1.55. The molecule has 0 saturated heterocycles. The Morgan fingerprint density at radius 1 is 1.10 bits per heavy atom. The number of carbonyl (C=O) groups is 2. The molecule has 4 rings (SSSR count). The number of benzene rings is 1. The summed E-state index contributed by atoms with van der Waals surface area (Å²) < 4.78 is 81.8. The Bertz CT molecular complexity index is 1470. The van der Waals surface area contributed by atoms with Gasteiger partial charge in [-0.05, 0) is 47.9 Å². The lowest BCUT2D eigenvalue weighted by Gasteiger charge is -2.25. The fourth-order valence-corrected chi connectivity index (χ4v) is 5.15. The molecule has 1 aromatic carbocycles. The van der Waals surface area contributed by atoms with Crippen LogP contribution in [0.5, 0.6) is 0 Å². The van der Waals surface area contributed by atoms with Crippen LogP contribution in [0.2, 0.25) is 0 Å². The van der Waals surface area contributed by atoms with E-state index in [1.165, 1.54) is 19.3 Å². The molecular formula is C24H22F4N6O4S. The van der Waals surface area contributed by atoms with Gasteiger partial charge in [0.25, 0.3) is 6.43 Å². The predicted octanol–water partition coefficient (Wildman–Crippen LogP) is 2.87. The second-order valence-electron chi connectivity index (χ2n) is 8.56. The normalized spacial score (nSPS) is 13.6. The van der Waals surface area contributed by atoms with Crippen LogP contribution in [-0.2, 0) is 27.8 Å². The summed E-state index contributed by atoms with van der Waals surface area (Å²) in [7, 11) is -3.17. The third kappa shape index (κ3) is 6.42. The maximum Gasteiger partial charge on any atom is 0.330 e. The van der Waals surface area contributed by atoms with Gasteiger partial charge in [0.05, 0.1) is 11.9 Å². The lowest BCUT2D eigenvalue weighted by Crippen LogP contribution is -2.54. The number of pyridine rings is 2. The molecule has 0 fully saturated rings. The average Bonchev–Trinajstić information content (AvgIpc) is 3.32. The summed E-state index contributed by atoms with van der Waals surface area (Å²) in [5, 5.41) is 2.24. The molecule has 0 saturated carbocycles. The van der Waals surface area contributed by atoms with E-state index in [2.05, 4.69) is 15.3 Å². The van der Waals surface area contributed by atoms with Gasteiger partial charge in [0.1, 0.15) is 29.2 Å². The van der Waals surface area contributed by atoms with Gasteiger partial charge in [-0.3, -0.25) is 9.78 Å². The molecule has 0 bridgehead atoms. The lowest BCUT2D eigenvalue weighted by atomic mass is 10.0. The number of nitrogens with one attached hydrogen (secondary N) is 2. The first-order valence-electron chi connectivity index (χ1n) is 11.5. The van der Waals surface area contributed by atoms with Crippen molar-refractivity contribution >= 4 is 33.7 Å². The molecule has 206 valence electrons. The first-order valence-corrected chi connectivity index (χ1v) is 12.9. The van der Waals surface area contributed by atoms with E-state index >= 15 is 0 Å². The van der Waals surface area contributed by atoms with Gasteiger partial charge in [-0.1, -0.05) is 6.07 Å². The highest BCUT2D eigenvalue weighted by molar-refractivity contribution is 7.91. The van der Waals surface area contributed by atoms with Gasteiger partial charge < -0.3 is 10.2 Å². The van der Waals surface area contributed by atoms with Gasteiger partial charge in [-0.2, -0.15) is 8.42 Å². The molecule has 0 unspecified atom stereocenters. The van der Waals surface area contributed by atoms with Crippen molar-refractivity contribution in [2.45, 2.75) is 25.3 Å². The SMILES string of the molecule is CN(C(=O)[C@H](Cc1cc(F)cc(F)c1)NC(=O)NS(=O)(=O)N1CCc2cccnc21)c1ccc(C(F)F)nc1. The maximum absolute atomic E-state index is 13.8. The second kappa shape index (κ2) is 11.2. The molecule has 1 aliphatic rings. The van der Waals surface area contributed by atoms with E-state index in [1.54, 1.807) is 12.1 Å². The van der Waals surface area contributed by atoms with Crippen LogP contribution in [0.15, 0.2) is 54.9 Å². The fraction of sp³-hybridized carbons (Fsp3) is 0.250. The fourth-order valence-electron chi connectivity index (χ4n) is 4.02. The second-order valence-corrected chi connectivity index (χ2v) is 10.2. The first-order chi connectivity index (χ1) is 18.4. The molecule has 15 heteroatoms. The van der Waals surface area contributed by atoms with Crippen LogP contribution >= 0.6 is 0 Å². The molecule has 2 N–H and O–H groups in total. The molecule has 1 aliphatic heterocycles. The van der Waals surface area contributed by atoms with Crippen LogP contribution in [0.1, 0.15) is 23.2 Å². The molecule has 39 heavy (non-hydrogen) atoms. The van der Waals surface area contributed by atoms with E-state index < -0.39 is 58.4 Å². The Morgan fingerprint density at radius 3 is 2.46 bits per heavy atom. The van der Waals surface area contributed by atoms with Crippen LogP contribution in [0.3, 0.4) is 0 Å². The van der Waals surface area contributed by atoms with E-state index in [4.69, 9.17) is 0 Å². The minimum absolute atomic E-state index is 0.00810. The third-order valence-corrected chi connectivity index (χ3v) is 7.26. The zero-order valence-electron chi connectivity index (χ0n) is 20.3. The molecular weight excluding hydrogens is 544 g/mol. The zero-order chi connectivity index (χ0) is 28.3. The highest BCUT2D eigenvalue weighted by atomic mass is 32.2. The van der Waals surface area contributed by atoms with Gasteiger partial charge in [0.2, 0.25) is 5.91 Å². The largest absolute Gasteiger partial charge is 0.330 e. The maximum atomic E-state index is 13.8. The number of aromatic nitrogens is 2. The summed E-state index contributed by atoms with van der Waals surface area (Å²) in [5.74, 6) is -2.54. The Hall–Kier alpha value is -4.27. The van der Waals surface area contributed by atoms with Crippen LogP contribution < -0.4 is 19.2 Å². The van der Waals surface area contributed by atoms with Gasteiger partial charge in [0, 0.05) is 32.3 Å². The quantitative estimate of drug-likeness (QED) is 0.404. The van der Waals surface area contributed by atoms with Crippen molar-refractivity contribution in [1.29, 1.82) is 0 Å². The summed E-state index contributed by atoms with van der Waals surface area (Å²) in [4.78, 5) is 34.7. The highest BCUT2D eigenvalue weighted by Gasteiger charge is 2.33. The van der Waals surface area contributed by atoms with Crippen LogP contribution in [-0.4, -0.2) is 50.0 Å². The monoisotopic (exact) mass is 566 g/mol. The van der Waals surface area contributed by atoms with E-state index in [1.807, 2.05) is 4.72 Å². The molecule has 0 radical (unpaired) electrons. The van der Waals surface area contributed by atoms with Gasteiger partial charge in [-0.25, -0.2) is 36.4 Å². The van der Waals surface area contributed by atoms with Crippen molar-refractivity contribution in [3.05, 3.63) is 83.3 Å². The van der Waals surface area contributed by atoms with Crippen molar-refractivity contribution in [2.24, 2.45) is 0 Å². The van der Waals surface area contributed by atoms with Crippen LogP contribution in [0.25, 0.3) is 0 Å². The predicted molar refractivity (Wildman–Crippen MR) is 132 cm³/mol. The molecule has 0 aliphatic carbocycles. The number of anilines is 2. The minimum Gasteiger partial charge on any atom is -0.325 e. The zero-order valence-corrected chi connectivity index (χ0v) is 21.1. The summed E-state index contributed by atoms with van der Waals surface area (Å²) in [6.45, 7) is 0.0320. The summed E-state index contributed by atoms with van der Waals surface area (Å²) in [6, 6.07) is 5.27. The van der Waals surface area contributed by atoms with Crippen LogP contribution in [0, 0.1) is 11.6 Å². The molecule has 2 aromatic heterocycles. The number of alkyl halides is 2. The number of likely N-dealkylation sites (N-methyl/N-ethyl adjacent to an activating group) is 1. The van der Waals surface area contributed by atoms with Crippen molar-refractivity contribution < 1.29 is 35.6 Å². The number of amides is 3. The number of fused-ring (bicyclic) bond motifs is 1. The smallest absolute Gasteiger partial charge is 0.325 e. The summed E-state index contributed by atoms with van der Waals surface area (Å²) in [6.07, 6.45) is -0.470. The number of carbonyl (C=O) groups excluding carboxylic acids is 2. The van der Waals surface area contributed by atoms with E-state index in [0.29, 0.717) is 18.1 Å². The summed E-state index contributed by atoms with van der Waals surface area (Å²) in [5.41, 5.74) is 0.213. The van der Waals surface area contributed by atoms with Crippen molar-refractivity contribution in [2.75, 3.05) is 22.8 Å². The first kappa shape index (κ1) is 27.8. The number of hydrogen-bond donors (Lipinski definition) is 2. The van der Waals surface area contributed by atoms with Crippen molar-refractivity contribution in [3.8, 4) is 0 Å². The minimum atomic E-state index is -4.43. The van der Waals surface area contributed by atoms with Gasteiger partial charge >= 0.3 is 16.2 Å². The van der Waals surface area contributed by atoms with E-state index in [9.17, 15) is 35.6 Å². The lowest BCUT2D eigenvalue weighted by molar-refractivity contribution is -0.120. The molecule has 10 nitrogen and oxygen atoms in total. The number of nitrogens with zero attached hydrogens (tertiary/aromatic N) is 4. The Morgan fingerprint density at radius 2 is 1.82 bits per heavy atom. The van der Waals surface area contributed by atoms with E-state index in [0.717, 1.165) is 33.6 Å². The number of hydrogen-bond acceptors (Lipinski definition) is 6. The highest BCUT2D eigenvalue weighted by Crippen LogP contribution is 2.27. The van der Waals surface area contributed by atoms with Crippen molar-refractivity contribution in [1.82, 2.24) is 20.0 Å². The van der Waals surface area contributed by atoms with Crippen molar-refractivity contribution in [3.63, 3.8) is 0 Å². The molecule has 3 amide bonds. The van der Waals surface area contributed by atoms with Gasteiger partial charge in [0.15, 0.2) is 0 Å². The Kier molecular flexibility index (Phi) is 7.99. The number of urea groups is 1. The van der Waals surface area contributed by atoms with Crippen LogP contribution in [0.4, 0.5) is 33.9 Å². The molecule has 0 spiro atoms. The standard InChI is InChI=1S/C24H22F4N6O4S/c1-33(18-4-5-19(21(27)28)30-13-18)23(35)20(11-14-9-16(25)12-17(26)10-14)31-24(36)32-39(37,38)34-8-6-15-3-2-7-29-22(15)34/h2-5,7,9-10,12-13,20-21H,6,8,11H2,1H3,(H2,31,32,36)/t20-/m0/s1. The Labute approximate surface area is 220 Å². The number of halogens is 4.